The molecule has 1 fully saturated rings. The number of benzene rings is 2. The van der Waals surface area contributed by atoms with Crippen LogP contribution in [0.5, 0.6) is 11.5 Å². The third-order valence-electron chi connectivity index (χ3n) is 5.61. The van der Waals surface area contributed by atoms with Crippen molar-refractivity contribution in [3.8, 4) is 11.5 Å². The highest BCUT2D eigenvalue weighted by atomic mass is 79.9. The minimum atomic E-state index is -0.182. The topological polar surface area (TPSA) is 47.6 Å². The lowest BCUT2D eigenvalue weighted by atomic mass is 9.87. The zero-order valence-electron chi connectivity index (χ0n) is 18.0. The van der Waals surface area contributed by atoms with Crippen LogP contribution >= 0.6 is 15.9 Å². The van der Waals surface area contributed by atoms with Crippen LogP contribution in [0.25, 0.3) is 0 Å². The van der Waals surface area contributed by atoms with Gasteiger partial charge in [-0.25, -0.2) is 0 Å². The summed E-state index contributed by atoms with van der Waals surface area (Å²) in [6, 6.07) is 13.4. The molecular weight excluding hydrogens is 442 g/mol. The molecular formula is C25H32BrNO3. The van der Waals surface area contributed by atoms with Crippen molar-refractivity contribution in [1.29, 1.82) is 0 Å². The standard InChI is InChI=1S/C25H32BrNO3/c1-18(2)23-16-20(26)8-13-24(23)30-17-25(28)27-21-9-11-22(12-10-21)29-15-14-19-6-4-3-5-7-19/h8-13,16,18-19H,3-7,14-15,17H2,1-2H3,(H,27,28). The Balaban J connectivity index is 1.43. The van der Waals surface area contributed by atoms with Crippen molar-refractivity contribution in [3.63, 3.8) is 0 Å². The molecule has 1 amide bonds. The van der Waals surface area contributed by atoms with Gasteiger partial charge in [-0.2, -0.15) is 0 Å². The zero-order chi connectivity index (χ0) is 21.3. The predicted molar refractivity (Wildman–Crippen MR) is 125 cm³/mol. The molecule has 0 atom stereocenters. The summed E-state index contributed by atoms with van der Waals surface area (Å²) in [5.74, 6) is 2.53. The van der Waals surface area contributed by atoms with Gasteiger partial charge in [-0.1, -0.05) is 61.9 Å². The van der Waals surface area contributed by atoms with E-state index in [2.05, 4.69) is 35.1 Å². The average molecular weight is 474 g/mol. The van der Waals surface area contributed by atoms with E-state index in [1.54, 1.807) is 0 Å². The fourth-order valence-corrected chi connectivity index (χ4v) is 4.27. The van der Waals surface area contributed by atoms with Gasteiger partial charge in [0.1, 0.15) is 11.5 Å². The van der Waals surface area contributed by atoms with Crippen LogP contribution in [0.1, 0.15) is 63.9 Å². The lowest BCUT2D eigenvalue weighted by Gasteiger charge is -2.21. The number of anilines is 1. The van der Waals surface area contributed by atoms with E-state index in [-0.39, 0.29) is 12.5 Å². The third kappa shape index (κ3) is 7.05. The van der Waals surface area contributed by atoms with Crippen molar-refractivity contribution in [3.05, 3.63) is 52.5 Å². The lowest BCUT2D eigenvalue weighted by Crippen LogP contribution is -2.20. The van der Waals surface area contributed by atoms with Crippen molar-refractivity contribution < 1.29 is 14.3 Å². The van der Waals surface area contributed by atoms with Crippen LogP contribution in [0.15, 0.2) is 46.9 Å². The molecule has 0 spiro atoms. The summed E-state index contributed by atoms with van der Waals surface area (Å²) in [5, 5.41) is 2.88. The van der Waals surface area contributed by atoms with Gasteiger partial charge in [-0.15, -0.1) is 0 Å². The smallest absolute Gasteiger partial charge is 0.262 e. The van der Waals surface area contributed by atoms with Gasteiger partial charge in [-0.3, -0.25) is 4.79 Å². The Morgan fingerprint density at radius 3 is 2.50 bits per heavy atom. The molecule has 30 heavy (non-hydrogen) atoms. The number of ether oxygens (including phenoxy) is 2. The van der Waals surface area contributed by atoms with E-state index >= 15 is 0 Å². The Labute approximate surface area is 188 Å². The van der Waals surface area contributed by atoms with Crippen LogP contribution in [0, 0.1) is 5.92 Å². The van der Waals surface area contributed by atoms with Crippen molar-refractivity contribution in [2.75, 3.05) is 18.5 Å². The number of carbonyl (C=O) groups excluding carboxylic acids is 1. The Morgan fingerprint density at radius 1 is 1.07 bits per heavy atom. The summed E-state index contributed by atoms with van der Waals surface area (Å²) in [6.07, 6.45) is 7.93. The maximum atomic E-state index is 12.3. The molecule has 0 saturated heterocycles. The first-order valence-electron chi connectivity index (χ1n) is 11.0. The monoisotopic (exact) mass is 473 g/mol. The van der Waals surface area contributed by atoms with Gasteiger partial charge >= 0.3 is 0 Å². The number of carbonyl (C=O) groups is 1. The van der Waals surface area contributed by atoms with E-state index < -0.39 is 0 Å². The molecule has 3 rings (SSSR count). The van der Waals surface area contributed by atoms with Crippen LogP contribution < -0.4 is 14.8 Å². The highest BCUT2D eigenvalue weighted by Gasteiger charge is 2.13. The van der Waals surface area contributed by atoms with E-state index in [1.165, 1.54) is 32.1 Å². The molecule has 5 heteroatoms. The molecule has 0 radical (unpaired) electrons. The summed E-state index contributed by atoms with van der Waals surface area (Å²) in [6.45, 7) is 4.94. The Hall–Kier alpha value is -2.01. The summed E-state index contributed by atoms with van der Waals surface area (Å²) < 4.78 is 12.6. The number of hydrogen-bond acceptors (Lipinski definition) is 3. The molecule has 0 bridgehead atoms. The van der Waals surface area contributed by atoms with Crippen molar-refractivity contribution in [2.45, 2.75) is 58.3 Å². The second kappa shape index (κ2) is 11.4. The summed E-state index contributed by atoms with van der Waals surface area (Å²) in [4.78, 5) is 12.3. The minimum Gasteiger partial charge on any atom is -0.494 e. The fraction of sp³-hybridized carbons (Fsp3) is 0.480. The van der Waals surface area contributed by atoms with Gasteiger partial charge in [0.25, 0.3) is 5.91 Å². The molecule has 4 nitrogen and oxygen atoms in total. The van der Waals surface area contributed by atoms with Crippen LogP contribution in [0.4, 0.5) is 5.69 Å². The summed E-state index contributed by atoms with van der Waals surface area (Å²) in [5.41, 5.74) is 1.81. The number of amides is 1. The number of rotatable bonds is 9. The molecule has 1 N–H and O–H groups in total. The highest BCUT2D eigenvalue weighted by molar-refractivity contribution is 9.10. The Bertz CT molecular complexity index is 814. The number of halogens is 1. The normalized spacial score (nSPS) is 14.5. The van der Waals surface area contributed by atoms with Gasteiger partial charge in [0.05, 0.1) is 6.61 Å². The van der Waals surface area contributed by atoms with E-state index in [4.69, 9.17) is 9.47 Å². The minimum absolute atomic E-state index is 0.0268. The Kier molecular flexibility index (Phi) is 8.61. The van der Waals surface area contributed by atoms with Crippen LogP contribution in [0.2, 0.25) is 0 Å². The second-order valence-electron chi connectivity index (χ2n) is 8.34. The Morgan fingerprint density at radius 2 is 1.80 bits per heavy atom. The van der Waals surface area contributed by atoms with Gasteiger partial charge < -0.3 is 14.8 Å². The molecule has 0 unspecified atom stereocenters. The molecule has 162 valence electrons. The molecule has 0 heterocycles. The van der Waals surface area contributed by atoms with Crippen LogP contribution in [-0.4, -0.2) is 19.1 Å². The average Bonchev–Trinajstić information content (AvgIpc) is 2.75. The van der Waals surface area contributed by atoms with Crippen molar-refractivity contribution in [1.82, 2.24) is 0 Å². The van der Waals surface area contributed by atoms with E-state index in [0.29, 0.717) is 5.92 Å². The largest absolute Gasteiger partial charge is 0.494 e. The molecule has 1 aliphatic rings. The summed E-state index contributed by atoms with van der Waals surface area (Å²) in [7, 11) is 0. The summed E-state index contributed by atoms with van der Waals surface area (Å²) >= 11 is 3.49. The first-order valence-corrected chi connectivity index (χ1v) is 11.8. The van der Waals surface area contributed by atoms with Gasteiger partial charge in [0.15, 0.2) is 6.61 Å². The first kappa shape index (κ1) is 22.7. The number of hydrogen-bond donors (Lipinski definition) is 1. The third-order valence-corrected chi connectivity index (χ3v) is 6.10. The molecule has 1 aliphatic carbocycles. The van der Waals surface area contributed by atoms with Crippen LogP contribution in [0.3, 0.4) is 0 Å². The number of nitrogens with one attached hydrogen (secondary N) is 1. The highest BCUT2D eigenvalue weighted by Crippen LogP contribution is 2.30. The molecule has 0 aliphatic heterocycles. The van der Waals surface area contributed by atoms with Crippen LogP contribution in [-0.2, 0) is 4.79 Å². The maximum absolute atomic E-state index is 12.3. The molecule has 0 aromatic heterocycles. The predicted octanol–water partition coefficient (Wildman–Crippen LogP) is 6.94. The van der Waals surface area contributed by atoms with Crippen molar-refractivity contribution in [2.24, 2.45) is 5.92 Å². The van der Waals surface area contributed by atoms with Crippen molar-refractivity contribution >= 4 is 27.5 Å². The van der Waals surface area contributed by atoms with Gasteiger partial charge in [0.2, 0.25) is 0 Å². The van der Waals surface area contributed by atoms with E-state index in [9.17, 15) is 4.79 Å². The quantitative estimate of drug-likeness (QED) is 0.428. The van der Waals surface area contributed by atoms with E-state index in [1.807, 2.05) is 42.5 Å². The SMILES string of the molecule is CC(C)c1cc(Br)ccc1OCC(=O)Nc1ccc(OCCC2CCCCC2)cc1. The second-order valence-corrected chi connectivity index (χ2v) is 9.25. The van der Waals surface area contributed by atoms with Gasteiger partial charge in [-0.05, 0) is 66.3 Å². The lowest BCUT2D eigenvalue weighted by molar-refractivity contribution is -0.118. The fourth-order valence-electron chi connectivity index (χ4n) is 3.90. The van der Waals surface area contributed by atoms with E-state index in [0.717, 1.165) is 46.2 Å². The molecule has 2 aromatic rings. The molecule has 2 aromatic carbocycles. The molecule has 1 saturated carbocycles. The van der Waals surface area contributed by atoms with Gasteiger partial charge in [0, 0.05) is 10.2 Å². The zero-order valence-corrected chi connectivity index (χ0v) is 19.5. The first-order chi connectivity index (χ1) is 14.5. The maximum Gasteiger partial charge on any atom is 0.262 e.